The van der Waals surface area contributed by atoms with Crippen LogP contribution in [0.2, 0.25) is 0 Å². The van der Waals surface area contributed by atoms with Crippen molar-refractivity contribution in [3.05, 3.63) is 54.1 Å². The lowest BCUT2D eigenvalue weighted by Crippen LogP contribution is -2.32. The van der Waals surface area contributed by atoms with Gasteiger partial charge in [0.15, 0.2) is 0 Å². The van der Waals surface area contributed by atoms with Crippen LogP contribution < -0.4 is 9.03 Å². The maximum Gasteiger partial charge on any atom is 0.337 e. The van der Waals surface area contributed by atoms with Crippen molar-refractivity contribution < 1.29 is 31.2 Å². The predicted molar refractivity (Wildman–Crippen MR) is 110 cm³/mol. The first-order chi connectivity index (χ1) is 13.9. The number of sulfonamides is 2. The number of carbonyl (C=O) groups is 2. The van der Waals surface area contributed by atoms with Crippen molar-refractivity contribution in [2.24, 2.45) is 5.41 Å². The molecule has 0 aliphatic carbocycles. The van der Waals surface area contributed by atoms with Crippen LogP contribution in [0.15, 0.2) is 53.4 Å². The smallest absolute Gasteiger partial charge is 0.337 e. The Balaban J connectivity index is 1.83. The summed E-state index contributed by atoms with van der Waals surface area (Å²) in [6, 6.07) is 10.6. The third-order valence-corrected chi connectivity index (χ3v) is 7.94. The van der Waals surface area contributed by atoms with E-state index in [0.29, 0.717) is 4.31 Å². The van der Waals surface area contributed by atoms with E-state index in [-0.39, 0.29) is 27.6 Å². The van der Waals surface area contributed by atoms with Gasteiger partial charge in [0.1, 0.15) is 0 Å². The second kappa shape index (κ2) is 7.40. The van der Waals surface area contributed by atoms with Crippen molar-refractivity contribution >= 4 is 43.3 Å². The van der Waals surface area contributed by atoms with Crippen LogP contribution in [0.3, 0.4) is 0 Å². The van der Waals surface area contributed by atoms with Crippen LogP contribution in [0, 0.1) is 5.41 Å². The van der Waals surface area contributed by atoms with Crippen molar-refractivity contribution in [1.82, 2.24) is 0 Å². The van der Waals surface area contributed by atoms with Crippen molar-refractivity contribution in [1.29, 1.82) is 0 Å². The standard InChI is InChI=1S/C19H20N2O7S2/c1-19(2)12-29(24,25)21(18(19)23)15-8-10-16(11-9-15)30(26,27)20-14-6-4-13(5-7-14)17(22)28-3/h4-11,20H,12H2,1-3H3. The topological polar surface area (TPSA) is 127 Å². The highest BCUT2D eigenvalue weighted by Crippen LogP contribution is 2.36. The molecule has 1 aliphatic heterocycles. The molecule has 1 fully saturated rings. The highest BCUT2D eigenvalue weighted by atomic mass is 32.2. The van der Waals surface area contributed by atoms with Gasteiger partial charge >= 0.3 is 5.97 Å². The molecule has 160 valence electrons. The maximum atomic E-state index is 12.6. The molecule has 3 rings (SSSR count). The molecule has 11 heteroatoms. The van der Waals surface area contributed by atoms with Crippen LogP contribution in [0.25, 0.3) is 0 Å². The monoisotopic (exact) mass is 452 g/mol. The normalized spacial score (nSPS) is 17.6. The van der Waals surface area contributed by atoms with E-state index < -0.39 is 37.3 Å². The Morgan fingerprint density at radius 3 is 2.10 bits per heavy atom. The SMILES string of the molecule is COC(=O)c1ccc(NS(=O)(=O)c2ccc(N3C(=O)C(C)(C)CS3(=O)=O)cc2)cc1. The van der Waals surface area contributed by atoms with E-state index in [0.717, 1.165) is 0 Å². The number of benzene rings is 2. The molecule has 1 N–H and O–H groups in total. The molecule has 0 spiro atoms. The summed E-state index contributed by atoms with van der Waals surface area (Å²) >= 11 is 0. The highest BCUT2D eigenvalue weighted by molar-refractivity contribution is 7.94. The third-order valence-electron chi connectivity index (χ3n) is 4.52. The zero-order chi connectivity index (χ0) is 22.3. The van der Waals surface area contributed by atoms with Gasteiger partial charge in [0, 0.05) is 5.69 Å². The van der Waals surface area contributed by atoms with Crippen LogP contribution in [0.5, 0.6) is 0 Å². The van der Waals surface area contributed by atoms with Gasteiger partial charge in [0.25, 0.3) is 10.0 Å². The van der Waals surface area contributed by atoms with Crippen LogP contribution in [0.1, 0.15) is 24.2 Å². The largest absolute Gasteiger partial charge is 0.465 e. The average Bonchev–Trinajstić information content (AvgIpc) is 2.84. The lowest BCUT2D eigenvalue weighted by atomic mass is 9.95. The quantitative estimate of drug-likeness (QED) is 0.687. The number of ether oxygens (including phenoxy) is 1. The maximum absolute atomic E-state index is 12.6. The minimum atomic E-state index is -3.98. The summed E-state index contributed by atoms with van der Waals surface area (Å²) in [6.45, 7) is 3.09. The van der Waals surface area contributed by atoms with E-state index >= 15 is 0 Å². The van der Waals surface area contributed by atoms with Gasteiger partial charge in [0.2, 0.25) is 15.9 Å². The molecule has 9 nitrogen and oxygen atoms in total. The van der Waals surface area contributed by atoms with E-state index in [9.17, 15) is 26.4 Å². The summed E-state index contributed by atoms with van der Waals surface area (Å²) in [5.41, 5.74) is -0.483. The van der Waals surface area contributed by atoms with Crippen molar-refractivity contribution in [3.63, 3.8) is 0 Å². The molecule has 2 aromatic rings. The van der Waals surface area contributed by atoms with Crippen LogP contribution in [0.4, 0.5) is 11.4 Å². The van der Waals surface area contributed by atoms with Crippen LogP contribution >= 0.6 is 0 Å². The highest BCUT2D eigenvalue weighted by Gasteiger charge is 2.49. The first kappa shape index (κ1) is 21.8. The fraction of sp³-hybridized carbons (Fsp3) is 0.263. The Kier molecular flexibility index (Phi) is 5.37. The first-order valence-corrected chi connectivity index (χ1v) is 11.9. The first-order valence-electron chi connectivity index (χ1n) is 8.76. The molecule has 0 bridgehead atoms. The molecule has 0 aromatic heterocycles. The predicted octanol–water partition coefficient (Wildman–Crippen LogP) is 1.98. The fourth-order valence-corrected chi connectivity index (χ4v) is 6.19. The Labute approximate surface area is 174 Å². The molecule has 1 heterocycles. The summed E-state index contributed by atoms with van der Waals surface area (Å²) in [6.07, 6.45) is 0. The van der Waals surface area contributed by atoms with Gasteiger partial charge < -0.3 is 4.74 Å². The van der Waals surface area contributed by atoms with Gasteiger partial charge in [-0.15, -0.1) is 0 Å². The Bertz CT molecular complexity index is 1200. The van der Waals surface area contributed by atoms with E-state index in [4.69, 9.17) is 0 Å². The van der Waals surface area contributed by atoms with Gasteiger partial charge in [-0.05, 0) is 62.4 Å². The number of anilines is 2. The molecule has 30 heavy (non-hydrogen) atoms. The van der Waals surface area contributed by atoms with Crippen molar-refractivity contribution in [3.8, 4) is 0 Å². The molecule has 1 amide bonds. The number of hydrogen-bond acceptors (Lipinski definition) is 7. The lowest BCUT2D eigenvalue weighted by molar-refractivity contribution is -0.123. The molecule has 0 unspecified atom stereocenters. The Morgan fingerprint density at radius 2 is 1.63 bits per heavy atom. The minimum Gasteiger partial charge on any atom is -0.465 e. The second-order valence-electron chi connectivity index (χ2n) is 7.38. The second-order valence-corrected chi connectivity index (χ2v) is 10.9. The fourth-order valence-electron chi connectivity index (χ4n) is 3.03. The van der Waals surface area contributed by atoms with Gasteiger partial charge in [-0.3, -0.25) is 9.52 Å². The molecular formula is C19H20N2O7S2. The number of methoxy groups -OCH3 is 1. The number of nitrogens with zero attached hydrogens (tertiary/aromatic N) is 1. The van der Waals surface area contributed by atoms with Gasteiger partial charge in [-0.25, -0.2) is 25.9 Å². The minimum absolute atomic E-state index is 0.0759. The van der Waals surface area contributed by atoms with E-state index in [1.165, 1.54) is 55.6 Å². The van der Waals surface area contributed by atoms with E-state index in [1.807, 2.05) is 0 Å². The summed E-state index contributed by atoms with van der Waals surface area (Å²) < 4.78 is 57.6. The van der Waals surface area contributed by atoms with Crippen molar-refractivity contribution in [2.75, 3.05) is 21.9 Å². The zero-order valence-electron chi connectivity index (χ0n) is 16.4. The number of nitrogens with one attached hydrogen (secondary N) is 1. The average molecular weight is 453 g/mol. The molecule has 0 radical (unpaired) electrons. The Morgan fingerprint density at radius 1 is 1.07 bits per heavy atom. The number of esters is 1. The van der Waals surface area contributed by atoms with Crippen molar-refractivity contribution in [2.45, 2.75) is 18.7 Å². The van der Waals surface area contributed by atoms with E-state index in [1.54, 1.807) is 13.8 Å². The summed E-state index contributed by atoms with van der Waals surface area (Å²) in [5.74, 6) is -1.43. The Hall–Kier alpha value is -2.92. The van der Waals surface area contributed by atoms with Crippen LogP contribution in [-0.2, 0) is 29.6 Å². The summed E-state index contributed by atoms with van der Waals surface area (Å²) in [5, 5.41) is 0. The molecule has 0 saturated carbocycles. The van der Waals surface area contributed by atoms with Gasteiger partial charge in [-0.2, -0.15) is 0 Å². The summed E-state index contributed by atoms with van der Waals surface area (Å²) in [7, 11) is -6.56. The van der Waals surface area contributed by atoms with Crippen LogP contribution in [-0.4, -0.2) is 41.6 Å². The van der Waals surface area contributed by atoms with Gasteiger partial charge in [0.05, 0.1) is 34.4 Å². The third kappa shape index (κ3) is 4.03. The number of hydrogen-bond donors (Lipinski definition) is 1. The lowest BCUT2D eigenvalue weighted by Gasteiger charge is -2.17. The van der Waals surface area contributed by atoms with Gasteiger partial charge in [-0.1, -0.05) is 0 Å². The molecular weight excluding hydrogens is 432 g/mol. The number of carbonyl (C=O) groups excluding carboxylic acids is 2. The number of rotatable bonds is 5. The van der Waals surface area contributed by atoms with E-state index in [2.05, 4.69) is 9.46 Å². The molecule has 1 aliphatic rings. The molecule has 2 aromatic carbocycles. The molecule has 0 atom stereocenters. The zero-order valence-corrected chi connectivity index (χ0v) is 18.1. The molecule has 1 saturated heterocycles. The number of amides is 1. The summed E-state index contributed by atoms with van der Waals surface area (Å²) in [4.78, 5) is 23.8.